The van der Waals surface area contributed by atoms with Crippen LogP contribution < -0.4 is 0 Å². The fraction of sp³-hybridized carbons (Fsp3) is 0.964. The van der Waals surface area contributed by atoms with Crippen molar-refractivity contribution in [3.8, 4) is 0 Å². The molecule has 0 aromatic heterocycles. The van der Waals surface area contributed by atoms with E-state index in [1.807, 2.05) is 0 Å². The van der Waals surface area contributed by atoms with Crippen LogP contribution >= 0.6 is 0 Å². The number of Topliss-reactive ketones (excluding diaryl/α,β-unsaturated/α-hetero) is 1. The molecular weight excluding hydrogens is 412 g/mol. The molecule has 8 atom stereocenters. The van der Waals surface area contributed by atoms with Gasteiger partial charge in [0, 0.05) is 12.5 Å². The summed E-state index contributed by atoms with van der Waals surface area (Å²) in [6.45, 7) is 19.0. The zero-order valence-corrected chi connectivity index (χ0v) is 23.1. The van der Waals surface area contributed by atoms with Crippen molar-refractivity contribution in [1.29, 1.82) is 0 Å². The summed E-state index contributed by atoms with van der Waals surface area (Å²) in [6, 6.07) is 0. The van der Waals surface area contributed by atoms with Gasteiger partial charge in [0.2, 0.25) is 8.32 Å². The summed E-state index contributed by atoms with van der Waals surface area (Å²) in [5.74, 6) is 2.59. The quantitative estimate of drug-likeness (QED) is 0.442. The van der Waals surface area contributed by atoms with Crippen LogP contribution in [0.2, 0.25) is 16.6 Å². The monoisotopic (exact) mass is 462 g/mol. The molecule has 4 heteroatoms. The van der Waals surface area contributed by atoms with E-state index in [1.54, 1.807) is 0 Å². The molecular formula is C28H50O3Si. The number of fused-ring (bicyclic) bond motifs is 5. The maximum atomic E-state index is 13.4. The lowest BCUT2D eigenvalue weighted by Gasteiger charge is -2.60. The highest BCUT2D eigenvalue weighted by molar-refractivity contribution is 6.77. The first-order valence-electron chi connectivity index (χ1n) is 13.8. The lowest BCUT2D eigenvalue weighted by atomic mass is 9.45. The second kappa shape index (κ2) is 8.48. The highest BCUT2D eigenvalue weighted by atomic mass is 28.4. The summed E-state index contributed by atoms with van der Waals surface area (Å²) in [7, 11) is -1.86. The maximum absolute atomic E-state index is 13.4. The first kappa shape index (κ1) is 24.9. The van der Waals surface area contributed by atoms with Crippen LogP contribution in [-0.4, -0.2) is 31.4 Å². The summed E-state index contributed by atoms with van der Waals surface area (Å²) in [6.07, 6.45) is 8.65. The molecule has 4 fully saturated rings. The van der Waals surface area contributed by atoms with Crippen LogP contribution in [-0.2, 0) is 9.22 Å². The number of aliphatic hydroxyl groups excluding tert-OH is 1. The number of hydrogen-bond acceptors (Lipinski definition) is 3. The third-order valence-corrected chi connectivity index (χ3v) is 17.7. The van der Waals surface area contributed by atoms with Crippen molar-refractivity contribution in [2.45, 2.75) is 136 Å². The van der Waals surface area contributed by atoms with E-state index in [1.165, 1.54) is 25.7 Å². The van der Waals surface area contributed by atoms with E-state index in [-0.39, 0.29) is 5.41 Å². The van der Waals surface area contributed by atoms with Gasteiger partial charge in [-0.1, -0.05) is 48.5 Å². The van der Waals surface area contributed by atoms with Gasteiger partial charge in [-0.15, -0.1) is 0 Å². The topological polar surface area (TPSA) is 46.5 Å². The zero-order valence-electron chi connectivity index (χ0n) is 22.1. The van der Waals surface area contributed by atoms with Crippen LogP contribution in [0, 0.1) is 34.5 Å². The summed E-state index contributed by atoms with van der Waals surface area (Å²) >= 11 is 0. The van der Waals surface area contributed by atoms with E-state index < -0.39 is 19.8 Å². The third kappa shape index (κ3) is 3.44. The van der Waals surface area contributed by atoms with E-state index in [0.29, 0.717) is 58.6 Å². The molecule has 0 aliphatic heterocycles. The number of ketones is 1. The number of hydrogen-bond donors (Lipinski definition) is 1. The van der Waals surface area contributed by atoms with Gasteiger partial charge in [0.05, 0.1) is 11.5 Å². The van der Waals surface area contributed by atoms with E-state index in [2.05, 4.69) is 55.4 Å². The van der Waals surface area contributed by atoms with Crippen molar-refractivity contribution in [2.24, 2.45) is 34.5 Å². The maximum Gasteiger partial charge on any atom is 0.200 e. The highest BCUT2D eigenvalue weighted by Crippen LogP contribution is 2.65. The predicted octanol–water partition coefficient (Wildman–Crippen LogP) is 7.13. The number of carbonyl (C=O) groups excluding carboxylic acids is 1. The Balaban J connectivity index is 1.53. The van der Waals surface area contributed by atoms with Gasteiger partial charge >= 0.3 is 0 Å². The van der Waals surface area contributed by atoms with Gasteiger partial charge in [0.1, 0.15) is 5.78 Å². The number of aliphatic hydroxyl groups is 1. The van der Waals surface area contributed by atoms with Crippen LogP contribution in [0.5, 0.6) is 0 Å². The Morgan fingerprint density at radius 2 is 1.53 bits per heavy atom. The number of rotatable bonds is 5. The largest absolute Gasteiger partial charge is 0.413 e. The molecule has 0 bridgehead atoms. The second-order valence-electron chi connectivity index (χ2n) is 13.5. The Morgan fingerprint density at radius 3 is 2.12 bits per heavy atom. The smallest absolute Gasteiger partial charge is 0.200 e. The minimum absolute atomic E-state index is 0.269. The highest BCUT2D eigenvalue weighted by Gasteiger charge is 2.63. The molecule has 0 heterocycles. The van der Waals surface area contributed by atoms with E-state index in [0.717, 1.165) is 19.3 Å². The van der Waals surface area contributed by atoms with E-state index in [4.69, 9.17) is 4.43 Å². The molecule has 0 aromatic carbocycles. The van der Waals surface area contributed by atoms with Gasteiger partial charge in [0.25, 0.3) is 0 Å². The van der Waals surface area contributed by atoms with Crippen molar-refractivity contribution in [3.05, 3.63) is 0 Å². The molecule has 0 amide bonds. The average Bonchev–Trinajstić information content (AvgIpc) is 3.02. The first-order valence-corrected chi connectivity index (χ1v) is 15.9. The summed E-state index contributed by atoms with van der Waals surface area (Å²) in [5, 5.41) is 10.7. The Kier molecular flexibility index (Phi) is 6.60. The first-order chi connectivity index (χ1) is 14.9. The molecule has 3 nitrogen and oxygen atoms in total. The fourth-order valence-corrected chi connectivity index (χ4v) is 15.3. The molecule has 0 spiro atoms. The van der Waals surface area contributed by atoms with Gasteiger partial charge < -0.3 is 9.53 Å². The molecule has 4 aliphatic carbocycles. The molecule has 32 heavy (non-hydrogen) atoms. The van der Waals surface area contributed by atoms with Crippen LogP contribution in [0.4, 0.5) is 0 Å². The summed E-state index contributed by atoms with van der Waals surface area (Å²) in [5.41, 5.74) is 1.70. The Bertz CT molecular complexity index is 696. The van der Waals surface area contributed by atoms with Gasteiger partial charge in [-0.25, -0.2) is 0 Å². The lowest BCUT2D eigenvalue weighted by Crippen LogP contribution is -2.58. The molecule has 4 rings (SSSR count). The van der Waals surface area contributed by atoms with Gasteiger partial charge in [0.15, 0.2) is 0 Å². The second-order valence-corrected chi connectivity index (χ2v) is 18.9. The number of carbonyl (C=O) groups is 1. The van der Waals surface area contributed by atoms with Crippen LogP contribution in [0.15, 0.2) is 0 Å². The fourth-order valence-electron chi connectivity index (χ4n) is 9.73. The summed E-state index contributed by atoms with van der Waals surface area (Å²) < 4.78 is 7.25. The molecule has 1 N–H and O–H groups in total. The SMILES string of the molecule is CC(C)[Si](O[C@H]1CC[C@@]2(C)[C@@H](CC[C@@H]3[C@@H]2CC(=O)[C@]2(C)[C@@H](O)CC[C@@H]32)C1)(C(C)C)C(C)C. The van der Waals surface area contributed by atoms with Crippen molar-refractivity contribution < 1.29 is 14.3 Å². The van der Waals surface area contributed by atoms with Crippen molar-refractivity contribution in [3.63, 3.8) is 0 Å². The summed E-state index contributed by atoms with van der Waals surface area (Å²) in [4.78, 5) is 13.4. The van der Waals surface area contributed by atoms with Crippen molar-refractivity contribution >= 4 is 14.1 Å². The minimum atomic E-state index is -1.86. The Hall–Kier alpha value is -0.193. The minimum Gasteiger partial charge on any atom is -0.413 e. The normalized spacial score (nSPS) is 44.7. The molecule has 0 saturated heterocycles. The third-order valence-electron chi connectivity index (χ3n) is 11.5. The van der Waals surface area contributed by atoms with Crippen LogP contribution in [0.3, 0.4) is 0 Å². The van der Waals surface area contributed by atoms with Crippen molar-refractivity contribution in [1.82, 2.24) is 0 Å². The van der Waals surface area contributed by atoms with E-state index >= 15 is 0 Å². The molecule has 4 aliphatic rings. The predicted molar refractivity (Wildman–Crippen MR) is 134 cm³/mol. The molecule has 184 valence electrons. The molecule has 0 unspecified atom stereocenters. The van der Waals surface area contributed by atoms with Crippen LogP contribution in [0.1, 0.15) is 107 Å². The van der Waals surface area contributed by atoms with Gasteiger partial charge in [-0.3, -0.25) is 4.79 Å². The standard InChI is InChI=1S/C28H50O3Si/c1-17(2)32(18(3)4,19(5)6)31-21-13-14-27(7)20(15-21)9-10-22-23-11-12-25(29)28(23,8)26(30)16-24(22)27/h17-25,29H,9-16H2,1-8H3/t20-,21-,22-,23-,24-,25-,27-,28-/m0/s1. The Morgan fingerprint density at radius 1 is 0.906 bits per heavy atom. The molecule has 0 radical (unpaired) electrons. The van der Waals surface area contributed by atoms with Gasteiger partial charge in [-0.05, 0) is 97.6 Å². The zero-order chi connectivity index (χ0) is 23.6. The molecule has 4 saturated carbocycles. The average molecular weight is 463 g/mol. The van der Waals surface area contributed by atoms with Gasteiger partial charge in [-0.2, -0.15) is 0 Å². The Labute approximate surface area is 198 Å². The molecule has 0 aromatic rings. The van der Waals surface area contributed by atoms with Crippen LogP contribution in [0.25, 0.3) is 0 Å². The lowest BCUT2D eigenvalue weighted by molar-refractivity contribution is -0.162. The van der Waals surface area contributed by atoms with Crippen molar-refractivity contribution in [2.75, 3.05) is 0 Å². The van der Waals surface area contributed by atoms with E-state index in [9.17, 15) is 9.90 Å².